The van der Waals surface area contributed by atoms with E-state index in [1.54, 1.807) is 19.3 Å². The van der Waals surface area contributed by atoms with Gasteiger partial charge in [-0.05, 0) is 30.9 Å². The van der Waals surface area contributed by atoms with Gasteiger partial charge in [-0.3, -0.25) is 9.79 Å². The van der Waals surface area contributed by atoms with Crippen molar-refractivity contribution in [2.45, 2.75) is 38.5 Å². The van der Waals surface area contributed by atoms with Gasteiger partial charge in [0.15, 0.2) is 5.96 Å². The SMILES string of the molecule is CN=C(NCCNC(=O)C1CCCCC1)NCCc1ccc(Cl)nc1. The van der Waals surface area contributed by atoms with E-state index in [-0.39, 0.29) is 11.8 Å². The van der Waals surface area contributed by atoms with Crippen molar-refractivity contribution in [1.29, 1.82) is 0 Å². The highest BCUT2D eigenvalue weighted by atomic mass is 35.5. The third-order valence-corrected chi connectivity index (χ3v) is 4.63. The molecule has 1 aliphatic rings. The van der Waals surface area contributed by atoms with Crippen LogP contribution in [-0.4, -0.2) is 43.5 Å². The zero-order valence-electron chi connectivity index (χ0n) is 14.9. The van der Waals surface area contributed by atoms with Gasteiger partial charge in [-0.25, -0.2) is 4.98 Å². The van der Waals surface area contributed by atoms with E-state index in [0.29, 0.717) is 18.2 Å². The molecule has 1 heterocycles. The number of amides is 1. The summed E-state index contributed by atoms with van der Waals surface area (Å²) < 4.78 is 0. The van der Waals surface area contributed by atoms with Crippen LogP contribution >= 0.6 is 11.6 Å². The molecule has 1 fully saturated rings. The molecule has 1 aromatic heterocycles. The summed E-state index contributed by atoms with van der Waals surface area (Å²) in [6, 6.07) is 3.76. The Kier molecular flexibility index (Phi) is 8.52. The molecule has 0 spiro atoms. The van der Waals surface area contributed by atoms with Crippen molar-refractivity contribution >= 4 is 23.5 Å². The van der Waals surface area contributed by atoms with E-state index in [4.69, 9.17) is 11.6 Å². The quantitative estimate of drug-likeness (QED) is 0.299. The first-order valence-corrected chi connectivity index (χ1v) is 9.39. The average molecular weight is 366 g/mol. The highest BCUT2D eigenvalue weighted by molar-refractivity contribution is 6.29. The van der Waals surface area contributed by atoms with Crippen molar-refractivity contribution in [1.82, 2.24) is 20.9 Å². The monoisotopic (exact) mass is 365 g/mol. The number of aromatic nitrogens is 1. The molecule has 0 radical (unpaired) electrons. The molecule has 3 N–H and O–H groups in total. The van der Waals surface area contributed by atoms with Gasteiger partial charge in [0.2, 0.25) is 5.91 Å². The van der Waals surface area contributed by atoms with Gasteiger partial charge < -0.3 is 16.0 Å². The lowest BCUT2D eigenvalue weighted by atomic mass is 9.89. The second-order valence-electron chi connectivity index (χ2n) is 6.29. The molecule has 0 unspecified atom stereocenters. The van der Waals surface area contributed by atoms with Gasteiger partial charge in [-0.15, -0.1) is 0 Å². The molecular formula is C18H28ClN5O. The Hall–Kier alpha value is -1.82. The summed E-state index contributed by atoms with van der Waals surface area (Å²) >= 11 is 5.78. The van der Waals surface area contributed by atoms with Crippen molar-refractivity contribution in [3.05, 3.63) is 29.0 Å². The molecule has 1 amide bonds. The highest BCUT2D eigenvalue weighted by Crippen LogP contribution is 2.23. The van der Waals surface area contributed by atoms with E-state index in [0.717, 1.165) is 37.3 Å². The number of nitrogens with zero attached hydrogens (tertiary/aromatic N) is 2. The molecule has 0 saturated heterocycles. The van der Waals surface area contributed by atoms with Crippen LogP contribution in [0.1, 0.15) is 37.7 Å². The Morgan fingerprint density at radius 1 is 1.16 bits per heavy atom. The first kappa shape index (κ1) is 19.5. The molecule has 1 aromatic rings. The number of nitrogens with one attached hydrogen (secondary N) is 3. The third-order valence-electron chi connectivity index (χ3n) is 4.41. The fourth-order valence-electron chi connectivity index (χ4n) is 2.98. The first-order chi connectivity index (χ1) is 12.2. The Balaban J connectivity index is 1.58. The number of carbonyl (C=O) groups excluding carboxylic acids is 1. The lowest BCUT2D eigenvalue weighted by molar-refractivity contribution is -0.125. The second kappa shape index (κ2) is 10.9. The van der Waals surface area contributed by atoms with Gasteiger partial charge in [-0.2, -0.15) is 0 Å². The lowest BCUT2D eigenvalue weighted by Crippen LogP contribution is -2.43. The molecule has 1 aliphatic carbocycles. The molecule has 1 saturated carbocycles. The average Bonchev–Trinajstić information content (AvgIpc) is 2.65. The van der Waals surface area contributed by atoms with Crippen LogP contribution in [0.15, 0.2) is 23.3 Å². The summed E-state index contributed by atoms with van der Waals surface area (Å²) in [6.45, 7) is 2.01. The molecule has 0 aliphatic heterocycles. The minimum atomic E-state index is 0.194. The van der Waals surface area contributed by atoms with E-state index in [1.165, 1.54) is 19.3 Å². The Labute approximate surface area is 154 Å². The summed E-state index contributed by atoms with van der Waals surface area (Å²) in [5.74, 6) is 1.13. The number of halogens is 1. The van der Waals surface area contributed by atoms with Crippen LogP contribution < -0.4 is 16.0 Å². The maximum Gasteiger partial charge on any atom is 0.223 e. The summed E-state index contributed by atoms with van der Waals surface area (Å²) in [5.41, 5.74) is 1.12. The van der Waals surface area contributed by atoms with Gasteiger partial charge in [0, 0.05) is 38.8 Å². The largest absolute Gasteiger partial charge is 0.356 e. The lowest BCUT2D eigenvalue weighted by Gasteiger charge is -2.21. The molecular weight excluding hydrogens is 338 g/mol. The minimum absolute atomic E-state index is 0.194. The van der Waals surface area contributed by atoms with Crippen LogP contribution in [-0.2, 0) is 11.2 Å². The highest BCUT2D eigenvalue weighted by Gasteiger charge is 2.20. The van der Waals surface area contributed by atoms with E-state index >= 15 is 0 Å². The normalized spacial score (nSPS) is 15.7. The van der Waals surface area contributed by atoms with Crippen molar-refractivity contribution in [2.24, 2.45) is 10.9 Å². The summed E-state index contributed by atoms with van der Waals surface area (Å²) in [6.07, 6.45) is 8.29. The van der Waals surface area contributed by atoms with E-state index in [1.807, 2.05) is 6.07 Å². The van der Waals surface area contributed by atoms with Crippen molar-refractivity contribution in [3.63, 3.8) is 0 Å². The predicted octanol–water partition coefficient (Wildman–Crippen LogP) is 2.14. The zero-order chi connectivity index (χ0) is 17.9. The number of guanidine groups is 1. The number of aliphatic imine (C=N–C) groups is 1. The van der Waals surface area contributed by atoms with Gasteiger partial charge in [0.05, 0.1) is 0 Å². The third kappa shape index (κ3) is 7.30. The maximum absolute atomic E-state index is 12.1. The van der Waals surface area contributed by atoms with Gasteiger partial charge in [-0.1, -0.05) is 36.9 Å². The molecule has 25 heavy (non-hydrogen) atoms. The molecule has 2 rings (SSSR count). The van der Waals surface area contributed by atoms with E-state index in [2.05, 4.69) is 25.9 Å². The maximum atomic E-state index is 12.1. The number of hydrogen-bond donors (Lipinski definition) is 3. The van der Waals surface area contributed by atoms with Gasteiger partial charge >= 0.3 is 0 Å². The van der Waals surface area contributed by atoms with Crippen LogP contribution in [0.4, 0.5) is 0 Å². The smallest absolute Gasteiger partial charge is 0.223 e. The van der Waals surface area contributed by atoms with Crippen LogP contribution in [0.25, 0.3) is 0 Å². The topological polar surface area (TPSA) is 78.4 Å². The van der Waals surface area contributed by atoms with E-state index < -0.39 is 0 Å². The molecule has 138 valence electrons. The van der Waals surface area contributed by atoms with E-state index in [9.17, 15) is 4.79 Å². The summed E-state index contributed by atoms with van der Waals surface area (Å²) in [7, 11) is 1.74. The predicted molar refractivity (Wildman–Crippen MR) is 102 cm³/mol. The van der Waals surface area contributed by atoms with Crippen molar-refractivity contribution < 1.29 is 4.79 Å². The zero-order valence-corrected chi connectivity index (χ0v) is 15.6. The van der Waals surface area contributed by atoms with Crippen LogP contribution in [0, 0.1) is 5.92 Å². The fourth-order valence-corrected chi connectivity index (χ4v) is 3.09. The molecule has 0 atom stereocenters. The Bertz CT molecular complexity index is 555. The van der Waals surface area contributed by atoms with Crippen LogP contribution in [0.5, 0.6) is 0 Å². The molecule has 0 bridgehead atoms. The van der Waals surface area contributed by atoms with Gasteiger partial charge in [0.25, 0.3) is 0 Å². The number of pyridine rings is 1. The van der Waals surface area contributed by atoms with Gasteiger partial charge in [0.1, 0.15) is 5.15 Å². The number of carbonyl (C=O) groups is 1. The molecule has 6 nitrogen and oxygen atoms in total. The minimum Gasteiger partial charge on any atom is -0.356 e. The molecule has 7 heteroatoms. The number of rotatable bonds is 7. The standard InChI is InChI=1S/C18H28ClN5O/c1-20-18(22-10-9-14-7-8-16(19)24-13-14)23-12-11-21-17(25)15-5-3-2-4-6-15/h7-8,13,15H,2-6,9-12H2,1H3,(H,21,25)(H2,20,22,23). The fraction of sp³-hybridized carbons (Fsp3) is 0.611. The second-order valence-corrected chi connectivity index (χ2v) is 6.68. The first-order valence-electron chi connectivity index (χ1n) is 9.01. The van der Waals surface area contributed by atoms with Crippen LogP contribution in [0.2, 0.25) is 5.15 Å². The molecule has 0 aromatic carbocycles. The van der Waals surface area contributed by atoms with Crippen LogP contribution in [0.3, 0.4) is 0 Å². The summed E-state index contributed by atoms with van der Waals surface area (Å²) in [5, 5.41) is 9.98. The van der Waals surface area contributed by atoms with Crippen molar-refractivity contribution in [3.8, 4) is 0 Å². The van der Waals surface area contributed by atoms with Crippen molar-refractivity contribution in [2.75, 3.05) is 26.7 Å². The number of hydrogen-bond acceptors (Lipinski definition) is 3. The Morgan fingerprint density at radius 3 is 2.56 bits per heavy atom. The Morgan fingerprint density at radius 2 is 1.88 bits per heavy atom. The summed E-state index contributed by atoms with van der Waals surface area (Å²) in [4.78, 5) is 20.3.